The normalized spacial score (nSPS) is 6.43. The van der Waals surface area contributed by atoms with Gasteiger partial charge in [0, 0.05) is 11.6 Å². The Morgan fingerprint density at radius 1 is 1.21 bits per heavy atom. The number of allylic oxidation sites excluding steroid dienone is 1. The summed E-state index contributed by atoms with van der Waals surface area (Å²) >= 11 is 0. The first-order valence-corrected chi connectivity index (χ1v) is 3.64. The Balaban J connectivity index is -0.000000138. The molecule has 0 unspecified atom stereocenters. The molecular formula is C10H16O4. The van der Waals surface area contributed by atoms with Crippen molar-refractivity contribution in [2.45, 2.75) is 13.8 Å². The predicted molar refractivity (Wildman–Crippen MR) is 56.2 cm³/mol. The topological polar surface area (TPSA) is 74.6 Å². The molecule has 0 heterocycles. The molecule has 0 amide bonds. The van der Waals surface area contributed by atoms with Gasteiger partial charge in [0.15, 0.2) is 0 Å². The van der Waals surface area contributed by atoms with Crippen molar-refractivity contribution < 1.29 is 19.8 Å². The van der Waals surface area contributed by atoms with Crippen molar-refractivity contribution >= 4 is 11.9 Å². The highest BCUT2D eigenvalue weighted by Gasteiger charge is 1.90. The average molecular weight is 200 g/mol. The molecule has 0 rings (SSSR count). The minimum absolute atomic E-state index is 0.176. The molecule has 4 nitrogen and oxygen atoms in total. The molecule has 0 aliphatic rings. The fourth-order valence-corrected chi connectivity index (χ4v) is 0. The highest BCUT2D eigenvalue weighted by atomic mass is 16.4. The highest BCUT2D eigenvalue weighted by Crippen LogP contribution is 1.81. The maximum absolute atomic E-state index is 9.60. The third-order valence-electron chi connectivity index (χ3n) is 0.540. The zero-order valence-electron chi connectivity index (χ0n) is 8.49. The zero-order chi connectivity index (χ0) is 12.1. The standard InChI is InChI=1S/C4H6O2.C3H4O2.C3H6/c1-3(2)4(5)6;1-2-3(4)5;1-3-2/h1H2,2H3,(H,5,6);2H,1H2,(H,4,5);3H,1H2,2H3. The summed E-state index contributed by atoms with van der Waals surface area (Å²) in [5.41, 5.74) is 0.176. The van der Waals surface area contributed by atoms with Gasteiger partial charge in [-0.25, -0.2) is 9.59 Å². The van der Waals surface area contributed by atoms with Crippen LogP contribution in [0.15, 0.2) is 37.5 Å². The molecule has 0 aromatic carbocycles. The largest absolute Gasteiger partial charge is 0.478 e. The van der Waals surface area contributed by atoms with Crippen molar-refractivity contribution in [3.63, 3.8) is 0 Å². The summed E-state index contributed by atoms with van der Waals surface area (Å²) in [6.07, 6.45) is 2.58. The summed E-state index contributed by atoms with van der Waals surface area (Å²) in [7, 11) is 0. The van der Waals surface area contributed by atoms with Gasteiger partial charge >= 0.3 is 11.9 Å². The van der Waals surface area contributed by atoms with Gasteiger partial charge in [0.05, 0.1) is 0 Å². The lowest BCUT2D eigenvalue weighted by Crippen LogP contribution is -1.92. The highest BCUT2D eigenvalue weighted by molar-refractivity contribution is 5.84. The van der Waals surface area contributed by atoms with Crippen molar-refractivity contribution in [2.75, 3.05) is 0 Å². The van der Waals surface area contributed by atoms with E-state index in [0.29, 0.717) is 0 Å². The Labute approximate surface area is 83.9 Å². The van der Waals surface area contributed by atoms with Crippen LogP contribution in [0.2, 0.25) is 0 Å². The fourth-order valence-electron chi connectivity index (χ4n) is 0. The quantitative estimate of drug-likeness (QED) is 0.528. The second-order valence-electron chi connectivity index (χ2n) is 2.04. The van der Waals surface area contributed by atoms with E-state index in [1.807, 2.05) is 6.92 Å². The maximum atomic E-state index is 9.60. The maximum Gasteiger partial charge on any atom is 0.330 e. The van der Waals surface area contributed by atoms with Crippen LogP contribution in [0.5, 0.6) is 0 Å². The van der Waals surface area contributed by atoms with E-state index in [1.165, 1.54) is 6.92 Å². The van der Waals surface area contributed by atoms with E-state index in [1.54, 1.807) is 6.08 Å². The van der Waals surface area contributed by atoms with Crippen molar-refractivity contribution in [3.8, 4) is 0 Å². The predicted octanol–water partition coefficient (Wildman–Crippen LogP) is 2.10. The molecule has 0 bridgehead atoms. The van der Waals surface area contributed by atoms with Gasteiger partial charge in [-0.1, -0.05) is 19.2 Å². The first kappa shape index (κ1) is 18.0. The minimum Gasteiger partial charge on any atom is -0.478 e. The van der Waals surface area contributed by atoms with Crippen LogP contribution in [0.4, 0.5) is 0 Å². The van der Waals surface area contributed by atoms with Crippen LogP contribution in [0.25, 0.3) is 0 Å². The number of carboxylic acids is 2. The molecule has 0 saturated heterocycles. The lowest BCUT2D eigenvalue weighted by Gasteiger charge is -1.79. The van der Waals surface area contributed by atoms with Gasteiger partial charge in [0.2, 0.25) is 0 Å². The lowest BCUT2D eigenvalue weighted by molar-refractivity contribution is -0.133. The SMILES string of the molecule is C=C(C)C(=O)O.C=CC.C=CC(=O)O. The minimum atomic E-state index is -0.981. The fraction of sp³-hybridized carbons (Fsp3) is 0.200. The smallest absolute Gasteiger partial charge is 0.330 e. The van der Waals surface area contributed by atoms with Gasteiger partial charge in [0.25, 0.3) is 0 Å². The van der Waals surface area contributed by atoms with E-state index in [-0.39, 0.29) is 5.57 Å². The first-order chi connectivity index (χ1) is 6.33. The van der Waals surface area contributed by atoms with Gasteiger partial charge in [-0.05, 0) is 13.8 Å². The Morgan fingerprint density at radius 2 is 1.36 bits per heavy atom. The zero-order valence-corrected chi connectivity index (χ0v) is 8.49. The Bertz CT molecular complexity index is 204. The van der Waals surface area contributed by atoms with Gasteiger partial charge in [-0.3, -0.25) is 0 Å². The summed E-state index contributed by atoms with van der Waals surface area (Å²) in [4.78, 5) is 18.8. The Kier molecular flexibility index (Phi) is 17.7. The summed E-state index contributed by atoms with van der Waals surface area (Å²) in [5.74, 6) is -1.92. The van der Waals surface area contributed by atoms with Crippen LogP contribution >= 0.6 is 0 Å². The molecule has 0 spiro atoms. The molecule has 0 aromatic rings. The molecule has 14 heavy (non-hydrogen) atoms. The van der Waals surface area contributed by atoms with Gasteiger partial charge in [-0.15, -0.1) is 6.58 Å². The summed E-state index contributed by atoms with van der Waals surface area (Å²) in [6, 6.07) is 0. The molecule has 4 heteroatoms. The third kappa shape index (κ3) is 49.3. The molecule has 0 fully saturated rings. The number of rotatable bonds is 2. The molecule has 0 aromatic heterocycles. The third-order valence-corrected chi connectivity index (χ3v) is 0.540. The Hall–Kier alpha value is -1.84. The van der Waals surface area contributed by atoms with Crippen LogP contribution in [-0.2, 0) is 9.59 Å². The van der Waals surface area contributed by atoms with E-state index in [4.69, 9.17) is 10.2 Å². The van der Waals surface area contributed by atoms with E-state index >= 15 is 0 Å². The molecule has 80 valence electrons. The van der Waals surface area contributed by atoms with Crippen molar-refractivity contribution in [2.24, 2.45) is 0 Å². The van der Waals surface area contributed by atoms with Crippen LogP contribution < -0.4 is 0 Å². The summed E-state index contributed by atoms with van der Waals surface area (Å²) in [6.45, 7) is 12.8. The van der Waals surface area contributed by atoms with E-state index in [2.05, 4.69) is 19.7 Å². The molecule has 0 saturated carbocycles. The molecule has 0 aliphatic heterocycles. The molecular weight excluding hydrogens is 184 g/mol. The number of hydrogen-bond acceptors (Lipinski definition) is 2. The number of carboxylic acid groups (broad SMARTS) is 2. The number of hydrogen-bond donors (Lipinski definition) is 2. The van der Waals surface area contributed by atoms with E-state index in [9.17, 15) is 9.59 Å². The van der Waals surface area contributed by atoms with Crippen LogP contribution in [0, 0.1) is 0 Å². The van der Waals surface area contributed by atoms with Gasteiger partial charge in [0.1, 0.15) is 0 Å². The molecule has 2 N–H and O–H groups in total. The van der Waals surface area contributed by atoms with Crippen molar-refractivity contribution in [1.29, 1.82) is 0 Å². The van der Waals surface area contributed by atoms with Crippen LogP contribution in [-0.4, -0.2) is 22.2 Å². The molecule has 0 aliphatic carbocycles. The lowest BCUT2D eigenvalue weighted by atomic mass is 10.4. The average Bonchev–Trinajstić information content (AvgIpc) is 2.06. The van der Waals surface area contributed by atoms with E-state index < -0.39 is 11.9 Å². The van der Waals surface area contributed by atoms with E-state index in [0.717, 1.165) is 6.08 Å². The van der Waals surface area contributed by atoms with Gasteiger partial charge < -0.3 is 10.2 Å². The van der Waals surface area contributed by atoms with Crippen LogP contribution in [0.3, 0.4) is 0 Å². The van der Waals surface area contributed by atoms with Crippen LogP contribution in [0.1, 0.15) is 13.8 Å². The second kappa shape index (κ2) is 13.7. The monoisotopic (exact) mass is 200 g/mol. The number of aliphatic carboxylic acids is 2. The summed E-state index contributed by atoms with van der Waals surface area (Å²) < 4.78 is 0. The summed E-state index contributed by atoms with van der Waals surface area (Å²) in [5, 5.41) is 15.5. The number of carbonyl (C=O) groups is 2. The first-order valence-electron chi connectivity index (χ1n) is 3.64. The van der Waals surface area contributed by atoms with Gasteiger partial charge in [-0.2, -0.15) is 0 Å². The molecule has 0 radical (unpaired) electrons. The Morgan fingerprint density at radius 3 is 1.36 bits per heavy atom. The second-order valence-corrected chi connectivity index (χ2v) is 2.04. The van der Waals surface area contributed by atoms with Crippen molar-refractivity contribution in [1.82, 2.24) is 0 Å². The molecule has 0 atom stereocenters. The van der Waals surface area contributed by atoms with Crippen molar-refractivity contribution in [3.05, 3.63) is 37.5 Å².